The fourth-order valence-electron chi connectivity index (χ4n) is 2.88. The van der Waals surface area contributed by atoms with E-state index < -0.39 is 6.36 Å². The fraction of sp³-hybridized carbons (Fsp3) is 0.300. The smallest absolute Gasteiger partial charge is 0.405 e. The number of imidazole rings is 1. The molecule has 2 aromatic carbocycles. The summed E-state index contributed by atoms with van der Waals surface area (Å²) >= 11 is 0. The molecule has 3 rings (SSSR count). The minimum Gasteiger partial charge on any atom is -0.405 e. The SMILES string of the molecule is CCNC(=NCc1ccccc1OC(F)(F)F)NCc1nc2ccccc2n1C.I. The maximum Gasteiger partial charge on any atom is 0.573 e. The van der Waals surface area contributed by atoms with Crippen LogP contribution in [0, 0.1) is 0 Å². The lowest BCUT2D eigenvalue weighted by Gasteiger charge is -2.14. The number of hydrogen-bond acceptors (Lipinski definition) is 3. The molecule has 0 bridgehead atoms. The van der Waals surface area contributed by atoms with Crippen molar-refractivity contribution in [3.05, 3.63) is 59.9 Å². The molecule has 0 unspecified atom stereocenters. The van der Waals surface area contributed by atoms with Crippen molar-refractivity contribution < 1.29 is 17.9 Å². The van der Waals surface area contributed by atoms with Gasteiger partial charge in [0.25, 0.3) is 0 Å². The largest absolute Gasteiger partial charge is 0.573 e. The second-order valence-corrected chi connectivity index (χ2v) is 6.28. The Morgan fingerprint density at radius 2 is 1.80 bits per heavy atom. The summed E-state index contributed by atoms with van der Waals surface area (Å²) in [5.41, 5.74) is 2.25. The van der Waals surface area contributed by atoms with Gasteiger partial charge in [-0.2, -0.15) is 0 Å². The molecule has 10 heteroatoms. The summed E-state index contributed by atoms with van der Waals surface area (Å²) < 4.78 is 43.8. The third kappa shape index (κ3) is 6.25. The van der Waals surface area contributed by atoms with E-state index in [-0.39, 0.29) is 36.3 Å². The van der Waals surface area contributed by atoms with Crippen LogP contribution in [0.15, 0.2) is 53.5 Å². The van der Waals surface area contributed by atoms with Crippen molar-refractivity contribution >= 4 is 41.0 Å². The Labute approximate surface area is 189 Å². The monoisotopic (exact) mass is 533 g/mol. The standard InChI is InChI=1S/C20H22F3N5O.HI/c1-3-24-19(25-12-14-8-4-7-11-17(14)29-20(21,22)23)26-13-18-27-15-9-5-6-10-16(15)28(18)2;/h4-11H,3,12-13H2,1-2H3,(H2,24,25,26);1H. The number of para-hydroxylation sites is 3. The highest BCUT2D eigenvalue weighted by Crippen LogP contribution is 2.26. The number of guanidine groups is 1. The first-order valence-electron chi connectivity index (χ1n) is 9.13. The molecule has 1 heterocycles. The molecule has 162 valence electrons. The molecule has 1 aromatic heterocycles. The highest BCUT2D eigenvalue weighted by Gasteiger charge is 2.31. The molecule has 0 aliphatic heterocycles. The van der Waals surface area contributed by atoms with Crippen LogP contribution in [0.1, 0.15) is 18.3 Å². The van der Waals surface area contributed by atoms with Gasteiger partial charge in [0.05, 0.1) is 24.1 Å². The van der Waals surface area contributed by atoms with Crippen LogP contribution in [0.4, 0.5) is 13.2 Å². The van der Waals surface area contributed by atoms with Gasteiger partial charge < -0.3 is 19.9 Å². The van der Waals surface area contributed by atoms with Crippen LogP contribution in [-0.2, 0) is 20.1 Å². The predicted octanol–water partition coefficient (Wildman–Crippen LogP) is 4.35. The van der Waals surface area contributed by atoms with E-state index in [0.717, 1.165) is 16.9 Å². The first-order valence-corrected chi connectivity index (χ1v) is 9.13. The Morgan fingerprint density at radius 1 is 1.10 bits per heavy atom. The van der Waals surface area contributed by atoms with Gasteiger partial charge in [0, 0.05) is 19.2 Å². The summed E-state index contributed by atoms with van der Waals surface area (Å²) in [5, 5.41) is 6.25. The Bertz CT molecular complexity index is 1000. The van der Waals surface area contributed by atoms with Crippen LogP contribution in [0.2, 0.25) is 0 Å². The van der Waals surface area contributed by atoms with E-state index in [1.807, 2.05) is 42.8 Å². The van der Waals surface area contributed by atoms with Gasteiger partial charge in [0.15, 0.2) is 5.96 Å². The van der Waals surface area contributed by atoms with Crippen molar-refractivity contribution in [3.8, 4) is 5.75 Å². The number of hydrogen-bond donors (Lipinski definition) is 2. The topological polar surface area (TPSA) is 63.5 Å². The number of nitrogens with zero attached hydrogens (tertiary/aromatic N) is 3. The van der Waals surface area contributed by atoms with Gasteiger partial charge in [-0.15, -0.1) is 37.1 Å². The summed E-state index contributed by atoms with van der Waals surface area (Å²) in [6, 6.07) is 13.8. The number of aliphatic imine (C=N–C) groups is 1. The lowest BCUT2D eigenvalue weighted by molar-refractivity contribution is -0.274. The summed E-state index contributed by atoms with van der Waals surface area (Å²) in [5.74, 6) is 1.04. The average molecular weight is 533 g/mol. The molecular formula is C20H23F3IN5O. The molecular weight excluding hydrogens is 510 g/mol. The fourth-order valence-corrected chi connectivity index (χ4v) is 2.88. The third-order valence-corrected chi connectivity index (χ3v) is 4.24. The minimum absolute atomic E-state index is 0. The highest BCUT2D eigenvalue weighted by atomic mass is 127. The molecule has 0 saturated heterocycles. The molecule has 0 radical (unpaired) electrons. The quantitative estimate of drug-likeness (QED) is 0.281. The molecule has 0 aliphatic carbocycles. The van der Waals surface area contributed by atoms with E-state index in [2.05, 4.69) is 25.3 Å². The first kappa shape index (κ1) is 23.8. The predicted molar refractivity (Wildman–Crippen MR) is 121 cm³/mol. The number of nitrogens with one attached hydrogen (secondary N) is 2. The van der Waals surface area contributed by atoms with Crippen LogP contribution in [0.3, 0.4) is 0 Å². The number of ether oxygens (including phenoxy) is 1. The number of rotatable bonds is 6. The molecule has 0 atom stereocenters. The van der Waals surface area contributed by atoms with E-state index in [9.17, 15) is 13.2 Å². The average Bonchev–Trinajstić information content (AvgIpc) is 3.00. The number of halogens is 4. The Kier molecular flexibility index (Phi) is 8.33. The zero-order chi connectivity index (χ0) is 20.9. The summed E-state index contributed by atoms with van der Waals surface area (Å²) in [4.78, 5) is 8.97. The van der Waals surface area contributed by atoms with Gasteiger partial charge in [-0.3, -0.25) is 0 Å². The van der Waals surface area contributed by atoms with Crippen molar-refractivity contribution in [1.29, 1.82) is 0 Å². The van der Waals surface area contributed by atoms with Crippen molar-refractivity contribution in [2.75, 3.05) is 6.54 Å². The van der Waals surface area contributed by atoms with Crippen LogP contribution in [0.5, 0.6) is 5.75 Å². The molecule has 0 spiro atoms. The Balaban J connectivity index is 0.00000320. The van der Waals surface area contributed by atoms with E-state index >= 15 is 0 Å². The normalized spacial score (nSPS) is 11.8. The van der Waals surface area contributed by atoms with Crippen LogP contribution in [0.25, 0.3) is 11.0 Å². The highest BCUT2D eigenvalue weighted by molar-refractivity contribution is 14.0. The number of aromatic nitrogens is 2. The Morgan fingerprint density at radius 3 is 2.50 bits per heavy atom. The zero-order valence-electron chi connectivity index (χ0n) is 16.5. The summed E-state index contributed by atoms with van der Waals surface area (Å²) in [6.45, 7) is 2.96. The number of alkyl halides is 3. The van der Waals surface area contributed by atoms with Crippen LogP contribution < -0.4 is 15.4 Å². The molecule has 0 fully saturated rings. The van der Waals surface area contributed by atoms with Crippen LogP contribution >= 0.6 is 24.0 Å². The van der Waals surface area contributed by atoms with Crippen molar-refractivity contribution in [1.82, 2.24) is 20.2 Å². The van der Waals surface area contributed by atoms with Crippen molar-refractivity contribution in [3.63, 3.8) is 0 Å². The molecule has 0 amide bonds. The van der Waals surface area contributed by atoms with Gasteiger partial charge in [-0.1, -0.05) is 30.3 Å². The van der Waals surface area contributed by atoms with Gasteiger partial charge >= 0.3 is 6.36 Å². The van der Waals surface area contributed by atoms with Gasteiger partial charge in [0.1, 0.15) is 11.6 Å². The van der Waals surface area contributed by atoms with Gasteiger partial charge in [0.2, 0.25) is 0 Å². The molecule has 3 aromatic rings. The van der Waals surface area contributed by atoms with E-state index in [1.165, 1.54) is 12.1 Å². The van der Waals surface area contributed by atoms with E-state index in [4.69, 9.17) is 0 Å². The maximum absolute atomic E-state index is 12.6. The molecule has 6 nitrogen and oxygen atoms in total. The summed E-state index contributed by atoms with van der Waals surface area (Å²) in [7, 11) is 1.93. The van der Waals surface area contributed by atoms with E-state index in [0.29, 0.717) is 24.6 Å². The third-order valence-electron chi connectivity index (χ3n) is 4.24. The van der Waals surface area contributed by atoms with Crippen molar-refractivity contribution in [2.24, 2.45) is 12.0 Å². The lowest BCUT2D eigenvalue weighted by atomic mass is 10.2. The second-order valence-electron chi connectivity index (χ2n) is 6.28. The molecule has 2 N–H and O–H groups in total. The molecule has 30 heavy (non-hydrogen) atoms. The van der Waals surface area contributed by atoms with Crippen molar-refractivity contribution in [2.45, 2.75) is 26.4 Å². The number of benzene rings is 2. The number of aryl methyl sites for hydroxylation is 1. The maximum atomic E-state index is 12.6. The molecule has 0 aliphatic rings. The lowest BCUT2D eigenvalue weighted by Crippen LogP contribution is -2.37. The van der Waals surface area contributed by atoms with Crippen LogP contribution in [-0.4, -0.2) is 28.4 Å². The Hall–Kier alpha value is -2.50. The van der Waals surface area contributed by atoms with Gasteiger partial charge in [-0.05, 0) is 25.1 Å². The summed E-state index contributed by atoms with van der Waals surface area (Å²) in [6.07, 6.45) is -4.75. The first-order chi connectivity index (χ1) is 13.9. The van der Waals surface area contributed by atoms with Gasteiger partial charge in [-0.25, -0.2) is 9.98 Å². The minimum atomic E-state index is -4.75. The van der Waals surface area contributed by atoms with E-state index in [1.54, 1.807) is 12.1 Å². The molecule has 0 saturated carbocycles. The number of fused-ring (bicyclic) bond motifs is 1. The second kappa shape index (κ2) is 10.5. The zero-order valence-corrected chi connectivity index (χ0v) is 18.9.